The fraction of sp³-hybridized carbons (Fsp3) is 1.00. The molecule has 0 aromatic heterocycles. The van der Waals surface area contributed by atoms with Crippen LogP contribution in [-0.4, -0.2) is 31.1 Å². The highest BCUT2D eigenvalue weighted by atomic mass is 15.2. The van der Waals surface area contributed by atoms with Crippen LogP contribution in [0, 0.1) is 11.8 Å². The molecule has 2 nitrogen and oxygen atoms in total. The maximum atomic E-state index is 5.74. The van der Waals surface area contributed by atoms with Gasteiger partial charge in [0.05, 0.1) is 0 Å². The van der Waals surface area contributed by atoms with E-state index in [0.29, 0.717) is 0 Å². The molecule has 2 fully saturated rings. The predicted octanol–water partition coefficient (Wildman–Crippen LogP) is 1.85. The van der Waals surface area contributed by atoms with Crippen molar-refractivity contribution in [3.8, 4) is 0 Å². The highest BCUT2D eigenvalue weighted by molar-refractivity contribution is 4.86. The second-order valence-electron chi connectivity index (χ2n) is 5.32. The molecule has 1 saturated heterocycles. The number of hydrogen-bond acceptors (Lipinski definition) is 2. The van der Waals surface area contributed by atoms with Gasteiger partial charge in [0.1, 0.15) is 0 Å². The van der Waals surface area contributed by atoms with Crippen LogP contribution in [0.5, 0.6) is 0 Å². The molecule has 0 aromatic rings. The van der Waals surface area contributed by atoms with E-state index in [1.807, 2.05) is 0 Å². The van der Waals surface area contributed by atoms with E-state index in [2.05, 4.69) is 11.9 Å². The van der Waals surface area contributed by atoms with Gasteiger partial charge in [-0.25, -0.2) is 0 Å². The minimum atomic E-state index is 0.770. The maximum absolute atomic E-state index is 5.74. The quantitative estimate of drug-likeness (QED) is 0.746. The van der Waals surface area contributed by atoms with Crippen LogP contribution in [0.2, 0.25) is 0 Å². The second-order valence-corrected chi connectivity index (χ2v) is 5.32. The molecule has 2 N–H and O–H groups in total. The third kappa shape index (κ3) is 2.29. The number of hydrogen-bond donors (Lipinski definition) is 1. The Morgan fingerprint density at radius 1 is 1.21 bits per heavy atom. The Kier molecular flexibility index (Phi) is 3.45. The summed E-state index contributed by atoms with van der Waals surface area (Å²) in [7, 11) is 2.27. The summed E-state index contributed by atoms with van der Waals surface area (Å²) < 4.78 is 0. The van der Waals surface area contributed by atoms with E-state index in [0.717, 1.165) is 24.4 Å². The zero-order valence-corrected chi connectivity index (χ0v) is 9.41. The van der Waals surface area contributed by atoms with E-state index in [1.165, 1.54) is 45.1 Å². The van der Waals surface area contributed by atoms with Crippen LogP contribution in [0.4, 0.5) is 0 Å². The summed E-state index contributed by atoms with van der Waals surface area (Å²) in [4.78, 5) is 2.54. The highest BCUT2D eigenvalue weighted by Gasteiger charge is 2.30. The predicted molar refractivity (Wildman–Crippen MR) is 60.2 cm³/mol. The lowest BCUT2D eigenvalue weighted by Crippen LogP contribution is -2.27. The molecule has 0 bridgehead atoms. The summed E-state index contributed by atoms with van der Waals surface area (Å²) in [5, 5.41) is 0. The molecule has 2 rings (SSSR count). The van der Waals surface area contributed by atoms with Gasteiger partial charge in [-0.15, -0.1) is 0 Å². The van der Waals surface area contributed by atoms with Crippen LogP contribution in [0.3, 0.4) is 0 Å². The smallest absolute Gasteiger partial charge is 0.00985 e. The molecule has 0 amide bonds. The number of likely N-dealkylation sites (tertiary alicyclic amines) is 1. The van der Waals surface area contributed by atoms with E-state index in [9.17, 15) is 0 Å². The Hall–Kier alpha value is -0.0800. The largest absolute Gasteiger partial charge is 0.330 e. The lowest BCUT2D eigenvalue weighted by molar-refractivity contribution is 0.260. The van der Waals surface area contributed by atoms with Gasteiger partial charge in [-0.2, -0.15) is 0 Å². The van der Waals surface area contributed by atoms with Crippen molar-refractivity contribution in [2.75, 3.05) is 20.1 Å². The first-order chi connectivity index (χ1) is 6.79. The summed E-state index contributed by atoms with van der Waals surface area (Å²) in [6.45, 7) is 2.11. The van der Waals surface area contributed by atoms with E-state index in [-0.39, 0.29) is 0 Å². The topological polar surface area (TPSA) is 29.3 Å². The first-order valence-electron chi connectivity index (χ1n) is 6.20. The number of nitrogens with two attached hydrogens (primary N) is 1. The first-order valence-corrected chi connectivity index (χ1v) is 6.20. The van der Waals surface area contributed by atoms with Crippen LogP contribution in [0.15, 0.2) is 0 Å². The average Bonchev–Trinajstić information content (AvgIpc) is 2.78. The molecule has 2 aliphatic rings. The van der Waals surface area contributed by atoms with Gasteiger partial charge < -0.3 is 10.6 Å². The minimum absolute atomic E-state index is 0.770. The zero-order chi connectivity index (χ0) is 9.97. The summed E-state index contributed by atoms with van der Waals surface area (Å²) in [6, 6.07) is 0.839. The van der Waals surface area contributed by atoms with Crippen LogP contribution in [0.1, 0.15) is 38.5 Å². The van der Waals surface area contributed by atoms with Gasteiger partial charge >= 0.3 is 0 Å². The van der Waals surface area contributed by atoms with Crippen LogP contribution < -0.4 is 5.73 Å². The molecule has 14 heavy (non-hydrogen) atoms. The molecule has 1 saturated carbocycles. The molecule has 2 atom stereocenters. The van der Waals surface area contributed by atoms with Gasteiger partial charge in [0.2, 0.25) is 0 Å². The molecular weight excluding hydrogens is 172 g/mol. The van der Waals surface area contributed by atoms with E-state index in [1.54, 1.807) is 0 Å². The molecule has 1 aliphatic heterocycles. The summed E-state index contributed by atoms with van der Waals surface area (Å²) >= 11 is 0. The number of rotatable bonds is 3. The Morgan fingerprint density at radius 2 is 1.93 bits per heavy atom. The second kappa shape index (κ2) is 4.63. The maximum Gasteiger partial charge on any atom is 0.00985 e. The van der Waals surface area contributed by atoms with Gasteiger partial charge in [0.15, 0.2) is 0 Å². The summed E-state index contributed by atoms with van der Waals surface area (Å²) in [5.41, 5.74) is 5.74. The van der Waals surface area contributed by atoms with E-state index in [4.69, 9.17) is 5.73 Å². The van der Waals surface area contributed by atoms with Crippen LogP contribution in [0.25, 0.3) is 0 Å². The molecule has 0 radical (unpaired) electrons. The van der Waals surface area contributed by atoms with Crippen molar-refractivity contribution in [2.24, 2.45) is 17.6 Å². The van der Waals surface area contributed by atoms with Gasteiger partial charge in [0.25, 0.3) is 0 Å². The molecule has 82 valence electrons. The lowest BCUT2D eigenvalue weighted by Gasteiger charge is -2.22. The molecule has 0 spiro atoms. The zero-order valence-electron chi connectivity index (χ0n) is 9.41. The Labute approximate surface area is 87.8 Å². The van der Waals surface area contributed by atoms with Crippen molar-refractivity contribution < 1.29 is 0 Å². The van der Waals surface area contributed by atoms with Crippen molar-refractivity contribution in [2.45, 2.75) is 44.6 Å². The van der Waals surface area contributed by atoms with Gasteiger partial charge in [-0.1, -0.05) is 25.7 Å². The van der Waals surface area contributed by atoms with Crippen molar-refractivity contribution in [1.29, 1.82) is 0 Å². The third-order valence-corrected chi connectivity index (χ3v) is 4.19. The normalized spacial score (nSPS) is 35.6. The SMILES string of the molecule is CN1CC(CN)CC1CC1CCCC1. The lowest BCUT2D eigenvalue weighted by atomic mass is 9.95. The molecule has 1 aliphatic carbocycles. The summed E-state index contributed by atoms with van der Waals surface area (Å²) in [6.07, 6.45) is 8.70. The van der Waals surface area contributed by atoms with Gasteiger partial charge in [-0.3, -0.25) is 0 Å². The van der Waals surface area contributed by atoms with Gasteiger partial charge in [-0.05, 0) is 38.3 Å². The molecule has 2 unspecified atom stereocenters. The van der Waals surface area contributed by atoms with Crippen molar-refractivity contribution in [3.63, 3.8) is 0 Å². The fourth-order valence-electron chi connectivity index (χ4n) is 3.27. The number of nitrogens with zero attached hydrogens (tertiary/aromatic N) is 1. The fourth-order valence-corrected chi connectivity index (χ4v) is 3.27. The Bertz CT molecular complexity index is 175. The highest BCUT2D eigenvalue weighted by Crippen LogP contribution is 2.33. The Balaban J connectivity index is 1.79. The van der Waals surface area contributed by atoms with Gasteiger partial charge in [0, 0.05) is 12.6 Å². The van der Waals surface area contributed by atoms with Crippen molar-refractivity contribution in [1.82, 2.24) is 4.90 Å². The van der Waals surface area contributed by atoms with Crippen molar-refractivity contribution >= 4 is 0 Å². The molecule has 1 heterocycles. The standard InChI is InChI=1S/C12H24N2/c1-14-9-11(8-13)7-12(14)6-10-4-2-3-5-10/h10-12H,2-9,13H2,1H3. The third-order valence-electron chi connectivity index (χ3n) is 4.19. The van der Waals surface area contributed by atoms with Crippen LogP contribution in [-0.2, 0) is 0 Å². The molecule has 0 aromatic carbocycles. The van der Waals surface area contributed by atoms with E-state index >= 15 is 0 Å². The molecular formula is C12H24N2. The van der Waals surface area contributed by atoms with E-state index < -0.39 is 0 Å². The average molecular weight is 196 g/mol. The molecule has 2 heteroatoms. The summed E-state index contributed by atoms with van der Waals surface area (Å²) in [5.74, 6) is 1.80. The monoisotopic (exact) mass is 196 g/mol. The van der Waals surface area contributed by atoms with Crippen molar-refractivity contribution in [3.05, 3.63) is 0 Å². The Morgan fingerprint density at radius 3 is 2.50 bits per heavy atom. The minimum Gasteiger partial charge on any atom is -0.330 e. The first kappa shape index (κ1) is 10.4. The van der Waals surface area contributed by atoms with Crippen LogP contribution >= 0.6 is 0 Å².